The standard InChI is InChI=1S/C25H23F3N4O2/c1-16(2)31-24(33)18-5-12-23-22(13-18)30-15-32(23)20-8-6-19(7-9-20)29-14-17-3-10-21(11-4-17)34-25(26,27)28/h3-13,15-16,29H,14H2,1-2H3,(H,31,33). The smallest absolute Gasteiger partial charge is 0.406 e. The molecule has 1 aromatic heterocycles. The quantitative estimate of drug-likeness (QED) is 0.367. The van der Waals surface area contributed by atoms with E-state index >= 15 is 0 Å². The highest BCUT2D eigenvalue weighted by molar-refractivity contribution is 5.97. The van der Waals surface area contributed by atoms with Gasteiger partial charge in [-0.3, -0.25) is 9.36 Å². The monoisotopic (exact) mass is 468 g/mol. The molecule has 3 aromatic carbocycles. The second-order valence-corrected chi connectivity index (χ2v) is 8.04. The Hall–Kier alpha value is -4.01. The minimum absolute atomic E-state index is 0.0515. The molecule has 9 heteroatoms. The maximum Gasteiger partial charge on any atom is 0.573 e. The Labute approximate surface area is 194 Å². The van der Waals surface area contributed by atoms with Crippen LogP contribution in [-0.2, 0) is 6.54 Å². The van der Waals surface area contributed by atoms with Crippen molar-refractivity contribution in [1.82, 2.24) is 14.9 Å². The highest BCUT2D eigenvalue weighted by Gasteiger charge is 2.30. The van der Waals surface area contributed by atoms with E-state index in [1.807, 2.05) is 48.7 Å². The van der Waals surface area contributed by atoms with Crippen molar-refractivity contribution >= 4 is 22.6 Å². The second kappa shape index (κ2) is 9.46. The molecule has 4 rings (SSSR count). The molecule has 1 heterocycles. The maximum atomic E-state index is 12.3. The zero-order chi connectivity index (χ0) is 24.3. The van der Waals surface area contributed by atoms with Gasteiger partial charge >= 0.3 is 6.36 Å². The number of hydrogen-bond donors (Lipinski definition) is 2. The maximum absolute atomic E-state index is 12.3. The van der Waals surface area contributed by atoms with Gasteiger partial charge in [-0.25, -0.2) is 4.98 Å². The number of halogens is 3. The highest BCUT2D eigenvalue weighted by atomic mass is 19.4. The van der Waals surface area contributed by atoms with Crippen molar-refractivity contribution in [2.45, 2.75) is 32.8 Å². The van der Waals surface area contributed by atoms with Crippen LogP contribution in [0.25, 0.3) is 16.7 Å². The van der Waals surface area contributed by atoms with Crippen molar-refractivity contribution in [3.63, 3.8) is 0 Å². The predicted molar refractivity (Wildman–Crippen MR) is 124 cm³/mol. The minimum Gasteiger partial charge on any atom is -0.406 e. The van der Waals surface area contributed by atoms with Gasteiger partial charge in [0.15, 0.2) is 0 Å². The molecule has 0 aliphatic heterocycles. The summed E-state index contributed by atoms with van der Waals surface area (Å²) in [7, 11) is 0. The zero-order valence-electron chi connectivity index (χ0n) is 18.6. The van der Waals surface area contributed by atoms with E-state index in [0.717, 1.165) is 28.0 Å². The highest BCUT2D eigenvalue weighted by Crippen LogP contribution is 2.24. The first-order valence-electron chi connectivity index (χ1n) is 10.6. The molecule has 0 saturated heterocycles. The molecule has 4 aromatic rings. The van der Waals surface area contributed by atoms with Crippen molar-refractivity contribution in [1.29, 1.82) is 0 Å². The van der Waals surface area contributed by atoms with Crippen molar-refractivity contribution in [3.8, 4) is 11.4 Å². The van der Waals surface area contributed by atoms with Crippen molar-refractivity contribution < 1.29 is 22.7 Å². The normalized spacial score (nSPS) is 11.6. The molecule has 176 valence electrons. The van der Waals surface area contributed by atoms with Gasteiger partial charge in [0.05, 0.1) is 11.0 Å². The third kappa shape index (κ3) is 5.67. The molecule has 6 nitrogen and oxygen atoms in total. The summed E-state index contributed by atoms with van der Waals surface area (Å²) in [4.78, 5) is 16.7. The van der Waals surface area contributed by atoms with Crippen LogP contribution in [0.15, 0.2) is 73.1 Å². The Morgan fingerprint density at radius 2 is 1.74 bits per heavy atom. The van der Waals surface area contributed by atoms with E-state index < -0.39 is 6.36 Å². The van der Waals surface area contributed by atoms with Crippen LogP contribution in [-0.4, -0.2) is 27.9 Å². The van der Waals surface area contributed by atoms with Crippen LogP contribution < -0.4 is 15.4 Å². The molecule has 34 heavy (non-hydrogen) atoms. The van der Waals surface area contributed by atoms with E-state index in [-0.39, 0.29) is 17.7 Å². The van der Waals surface area contributed by atoms with Gasteiger partial charge in [-0.15, -0.1) is 13.2 Å². The fraction of sp³-hybridized carbons (Fsp3) is 0.200. The van der Waals surface area contributed by atoms with Gasteiger partial charge < -0.3 is 15.4 Å². The number of amides is 1. The molecule has 0 bridgehead atoms. The lowest BCUT2D eigenvalue weighted by atomic mass is 10.1. The number of fused-ring (bicyclic) bond motifs is 1. The first-order valence-corrected chi connectivity index (χ1v) is 10.6. The fourth-order valence-corrected chi connectivity index (χ4v) is 3.46. The van der Waals surface area contributed by atoms with E-state index in [0.29, 0.717) is 12.1 Å². The molecule has 0 atom stereocenters. The summed E-state index contributed by atoms with van der Waals surface area (Å²) in [5.41, 5.74) is 4.73. The number of nitrogens with zero attached hydrogens (tertiary/aromatic N) is 2. The second-order valence-electron chi connectivity index (χ2n) is 8.04. The summed E-state index contributed by atoms with van der Waals surface area (Å²) in [5.74, 6) is -0.384. The van der Waals surface area contributed by atoms with Gasteiger partial charge in [0.2, 0.25) is 0 Å². The predicted octanol–water partition coefficient (Wildman–Crippen LogP) is 5.67. The van der Waals surface area contributed by atoms with E-state index in [9.17, 15) is 18.0 Å². The summed E-state index contributed by atoms with van der Waals surface area (Å²) in [6, 6.07) is 18.9. The number of imidazole rings is 1. The van der Waals surface area contributed by atoms with Crippen molar-refractivity contribution in [2.24, 2.45) is 0 Å². The average Bonchev–Trinajstić information content (AvgIpc) is 3.21. The molecule has 2 N–H and O–H groups in total. The molecular weight excluding hydrogens is 445 g/mol. The summed E-state index contributed by atoms with van der Waals surface area (Å²) in [5, 5.41) is 6.11. The molecule has 0 saturated carbocycles. The van der Waals surface area contributed by atoms with Gasteiger partial charge in [0.25, 0.3) is 5.91 Å². The lowest BCUT2D eigenvalue weighted by molar-refractivity contribution is -0.274. The summed E-state index contributed by atoms with van der Waals surface area (Å²) in [6.45, 7) is 4.26. The van der Waals surface area contributed by atoms with Crippen LogP contribution in [0.1, 0.15) is 29.8 Å². The number of nitrogens with one attached hydrogen (secondary N) is 2. The van der Waals surface area contributed by atoms with Gasteiger partial charge in [0, 0.05) is 29.5 Å². The molecule has 0 aliphatic carbocycles. The van der Waals surface area contributed by atoms with Gasteiger partial charge in [-0.05, 0) is 74.0 Å². The molecule has 0 unspecified atom stereocenters. The fourth-order valence-electron chi connectivity index (χ4n) is 3.46. The molecule has 0 spiro atoms. The van der Waals surface area contributed by atoms with Gasteiger partial charge in [0.1, 0.15) is 12.1 Å². The Morgan fingerprint density at radius 3 is 2.38 bits per heavy atom. The van der Waals surface area contributed by atoms with Crippen LogP contribution >= 0.6 is 0 Å². The van der Waals surface area contributed by atoms with Crippen LogP contribution in [0.4, 0.5) is 18.9 Å². The molecule has 1 amide bonds. The van der Waals surface area contributed by atoms with Gasteiger partial charge in [-0.2, -0.15) is 0 Å². The van der Waals surface area contributed by atoms with Crippen LogP contribution in [0.5, 0.6) is 5.75 Å². The number of ether oxygens (including phenoxy) is 1. The van der Waals surface area contributed by atoms with Gasteiger partial charge in [-0.1, -0.05) is 12.1 Å². The lowest BCUT2D eigenvalue weighted by Crippen LogP contribution is -2.29. The van der Waals surface area contributed by atoms with Crippen LogP contribution in [0.2, 0.25) is 0 Å². The van der Waals surface area contributed by atoms with Crippen LogP contribution in [0.3, 0.4) is 0 Å². The largest absolute Gasteiger partial charge is 0.573 e. The lowest BCUT2D eigenvalue weighted by Gasteiger charge is -2.11. The van der Waals surface area contributed by atoms with E-state index in [1.54, 1.807) is 30.6 Å². The molecule has 0 fully saturated rings. The number of rotatable bonds is 7. The van der Waals surface area contributed by atoms with Crippen molar-refractivity contribution in [3.05, 3.63) is 84.2 Å². The van der Waals surface area contributed by atoms with Crippen molar-refractivity contribution in [2.75, 3.05) is 5.32 Å². The first kappa shape index (κ1) is 23.2. The number of benzene rings is 3. The molecule has 0 aliphatic rings. The Balaban J connectivity index is 1.42. The number of carbonyl (C=O) groups excluding carboxylic acids is 1. The summed E-state index contributed by atoms with van der Waals surface area (Å²) >= 11 is 0. The van der Waals surface area contributed by atoms with E-state index in [1.165, 1.54) is 12.1 Å². The number of carbonyl (C=O) groups is 1. The molecule has 0 radical (unpaired) electrons. The Morgan fingerprint density at radius 1 is 1.03 bits per heavy atom. The SMILES string of the molecule is CC(C)NC(=O)c1ccc2c(c1)ncn2-c1ccc(NCc2ccc(OC(F)(F)F)cc2)cc1. The first-order chi connectivity index (χ1) is 16.2. The Bertz CT molecular complexity index is 1280. The minimum atomic E-state index is -4.70. The third-order valence-electron chi connectivity index (χ3n) is 5.03. The number of anilines is 1. The topological polar surface area (TPSA) is 68.2 Å². The van der Waals surface area contributed by atoms with E-state index in [2.05, 4.69) is 20.4 Å². The summed E-state index contributed by atoms with van der Waals surface area (Å²) < 4.78 is 42.6. The average molecular weight is 468 g/mol. The zero-order valence-corrected chi connectivity index (χ0v) is 18.6. The third-order valence-corrected chi connectivity index (χ3v) is 5.03. The van der Waals surface area contributed by atoms with Crippen LogP contribution in [0, 0.1) is 0 Å². The molecular formula is C25H23F3N4O2. The number of aromatic nitrogens is 2. The Kier molecular flexibility index (Phi) is 6.45. The number of hydrogen-bond acceptors (Lipinski definition) is 4. The number of alkyl halides is 3. The summed E-state index contributed by atoms with van der Waals surface area (Å²) in [6.07, 6.45) is -2.99. The van der Waals surface area contributed by atoms with E-state index in [4.69, 9.17) is 0 Å².